The first-order chi connectivity index (χ1) is 15.2. The van der Waals surface area contributed by atoms with Crippen molar-refractivity contribution in [3.8, 4) is 0 Å². The van der Waals surface area contributed by atoms with E-state index in [9.17, 15) is 9.90 Å². The van der Waals surface area contributed by atoms with Crippen LogP contribution in [0.25, 0.3) is 0 Å². The lowest BCUT2D eigenvalue weighted by Crippen LogP contribution is -2.52. The molecule has 2 aliphatic rings. The number of aldehydes is 1. The van der Waals surface area contributed by atoms with Gasteiger partial charge in [-0.25, -0.2) is 0 Å². The molecule has 0 aromatic heterocycles. The first-order valence-electron chi connectivity index (χ1n) is 12.8. The maximum Gasteiger partial charge on any atom is 0.137 e. The number of carbonyl (C=O) groups excluding carboxylic acids is 1. The van der Waals surface area contributed by atoms with Crippen molar-refractivity contribution in [3.05, 3.63) is 35.9 Å². The maximum atomic E-state index is 11.6. The largest absolute Gasteiger partial charge is 0.392 e. The zero-order chi connectivity index (χ0) is 24.1. The molecule has 0 radical (unpaired) electrons. The van der Waals surface area contributed by atoms with Crippen LogP contribution in [0.15, 0.2) is 30.3 Å². The molecule has 0 bridgehead atoms. The van der Waals surface area contributed by atoms with Crippen LogP contribution >= 0.6 is 0 Å². The molecular formula is C28H50N2O2. The number of nitrogens with zero attached hydrogens (tertiary/aromatic N) is 1. The van der Waals surface area contributed by atoms with Gasteiger partial charge in [0.05, 0.1) is 12.1 Å². The minimum Gasteiger partial charge on any atom is -0.392 e. The van der Waals surface area contributed by atoms with Gasteiger partial charge in [0.25, 0.3) is 0 Å². The highest BCUT2D eigenvalue weighted by atomic mass is 16.3. The topological polar surface area (TPSA) is 52.6 Å². The molecule has 1 aliphatic carbocycles. The number of piperidine rings is 1. The SMILES string of the molecule is CC.CC(Cc1ccccc1)C(O)CN1CC2CCCCC2CC1C=O.CNC(C)(C)C. The Labute approximate surface area is 198 Å². The van der Waals surface area contributed by atoms with E-state index in [4.69, 9.17) is 0 Å². The Morgan fingerprint density at radius 3 is 2.22 bits per heavy atom. The molecule has 1 aromatic carbocycles. The summed E-state index contributed by atoms with van der Waals surface area (Å²) < 4.78 is 0. The summed E-state index contributed by atoms with van der Waals surface area (Å²) in [6, 6.07) is 10.3. The lowest BCUT2D eigenvalue weighted by Gasteiger charge is -2.45. The van der Waals surface area contributed by atoms with E-state index in [0.717, 1.165) is 37.5 Å². The fourth-order valence-corrected chi connectivity index (χ4v) is 4.62. The van der Waals surface area contributed by atoms with Crippen molar-refractivity contribution in [2.75, 3.05) is 20.1 Å². The molecule has 0 spiro atoms. The number of benzene rings is 1. The van der Waals surface area contributed by atoms with Crippen molar-refractivity contribution >= 4 is 6.29 Å². The predicted molar refractivity (Wildman–Crippen MR) is 137 cm³/mol. The summed E-state index contributed by atoms with van der Waals surface area (Å²) >= 11 is 0. The Kier molecular flexibility index (Phi) is 13.3. The highest BCUT2D eigenvalue weighted by Crippen LogP contribution is 2.38. The first kappa shape index (κ1) is 28.8. The van der Waals surface area contributed by atoms with Crippen LogP contribution in [-0.4, -0.2) is 54.1 Å². The number of hydrogen-bond acceptors (Lipinski definition) is 4. The number of nitrogens with one attached hydrogen (secondary N) is 1. The fourth-order valence-electron chi connectivity index (χ4n) is 4.62. The summed E-state index contributed by atoms with van der Waals surface area (Å²) in [4.78, 5) is 13.8. The van der Waals surface area contributed by atoms with Crippen LogP contribution in [0, 0.1) is 17.8 Å². The molecule has 2 N–H and O–H groups in total. The van der Waals surface area contributed by atoms with Gasteiger partial charge in [0, 0.05) is 18.6 Å². The van der Waals surface area contributed by atoms with Crippen molar-refractivity contribution < 1.29 is 9.90 Å². The highest BCUT2D eigenvalue weighted by Gasteiger charge is 2.37. The molecule has 0 amide bonds. The molecule has 5 atom stereocenters. The van der Waals surface area contributed by atoms with Crippen molar-refractivity contribution in [3.63, 3.8) is 0 Å². The number of carbonyl (C=O) groups is 1. The molecule has 1 saturated carbocycles. The normalized spacial score (nSPS) is 25.2. The van der Waals surface area contributed by atoms with E-state index in [2.05, 4.69) is 50.0 Å². The van der Waals surface area contributed by atoms with Crippen molar-refractivity contribution in [2.45, 2.75) is 97.8 Å². The maximum absolute atomic E-state index is 11.6. The average molecular weight is 447 g/mol. The molecule has 4 nitrogen and oxygen atoms in total. The third kappa shape index (κ3) is 10.1. The lowest BCUT2D eigenvalue weighted by molar-refractivity contribution is -0.116. The van der Waals surface area contributed by atoms with Crippen molar-refractivity contribution in [1.82, 2.24) is 10.2 Å². The molecule has 3 rings (SSSR count). The number of fused-ring (bicyclic) bond motifs is 1. The molecule has 1 aromatic rings. The second kappa shape index (κ2) is 14.8. The molecular weight excluding hydrogens is 396 g/mol. The Hall–Kier alpha value is -1.23. The Bertz CT molecular complexity index is 614. The molecule has 2 fully saturated rings. The van der Waals surface area contributed by atoms with Crippen LogP contribution in [0.3, 0.4) is 0 Å². The number of rotatable bonds is 6. The van der Waals surface area contributed by atoms with Gasteiger partial charge in [-0.1, -0.05) is 70.4 Å². The number of hydrogen-bond donors (Lipinski definition) is 2. The number of aliphatic hydroxyl groups excluding tert-OH is 1. The zero-order valence-corrected chi connectivity index (χ0v) is 21.8. The number of likely N-dealkylation sites (tertiary alicyclic amines) is 1. The van der Waals surface area contributed by atoms with Gasteiger partial charge in [0.2, 0.25) is 0 Å². The average Bonchev–Trinajstić information content (AvgIpc) is 2.80. The van der Waals surface area contributed by atoms with E-state index < -0.39 is 0 Å². The van der Waals surface area contributed by atoms with E-state index in [1.807, 2.05) is 39.1 Å². The molecule has 1 saturated heterocycles. The van der Waals surface area contributed by atoms with Gasteiger partial charge in [-0.3, -0.25) is 4.90 Å². The second-order valence-electron chi connectivity index (χ2n) is 10.4. The molecule has 1 aliphatic heterocycles. The Morgan fingerprint density at radius 2 is 1.69 bits per heavy atom. The summed E-state index contributed by atoms with van der Waals surface area (Å²) in [5, 5.41) is 13.8. The minimum absolute atomic E-state index is 0.00271. The van der Waals surface area contributed by atoms with Crippen LogP contribution in [0.2, 0.25) is 0 Å². The van der Waals surface area contributed by atoms with Gasteiger partial charge < -0.3 is 15.2 Å². The highest BCUT2D eigenvalue weighted by molar-refractivity contribution is 5.58. The third-order valence-corrected chi connectivity index (χ3v) is 6.93. The van der Waals surface area contributed by atoms with Crippen molar-refractivity contribution in [1.29, 1.82) is 0 Å². The summed E-state index contributed by atoms with van der Waals surface area (Å²) in [7, 11) is 1.96. The standard InChI is InChI=1S/C21H31NO2.C5H13N.C2H6/c1-16(11-17-7-3-2-4-8-17)21(24)14-22-13-19-10-6-5-9-18(19)12-20(22)15-23;1-5(2,3)6-4;1-2/h2-4,7-8,15-16,18-21,24H,5-6,9-14H2,1H3;6H,1-4H3;1-2H3. The van der Waals surface area contributed by atoms with Crippen LogP contribution in [-0.2, 0) is 11.2 Å². The summed E-state index contributed by atoms with van der Waals surface area (Å²) in [6.07, 6.45) is 7.84. The van der Waals surface area contributed by atoms with Crippen LogP contribution in [0.4, 0.5) is 0 Å². The monoisotopic (exact) mass is 446 g/mol. The zero-order valence-electron chi connectivity index (χ0n) is 21.8. The van der Waals surface area contributed by atoms with E-state index in [1.165, 1.54) is 31.2 Å². The first-order valence-corrected chi connectivity index (χ1v) is 12.8. The molecule has 184 valence electrons. The van der Waals surface area contributed by atoms with Gasteiger partial charge in [-0.15, -0.1) is 0 Å². The van der Waals surface area contributed by atoms with E-state index in [1.54, 1.807) is 0 Å². The molecule has 32 heavy (non-hydrogen) atoms. The number of β-amino-alcohol motifs (C(OH)–C–C–N with tert-alkyl or cyclic N) is 1. The molecule has 1 heterocycles. The smallest absolute Gasteiger partial charge is 0.137 e. The van der Waals surface area contributed by atoms with E-state index in [-0.39, 0.29) is 18.1 Å². The Balaban J connectivity index is 0.000000556. The van der Waals surface area contributed by atoms with E-state index >= 15 is 0 Å². The summed E-state index contributed by atoms with van der Waals surface area (Å²) in [5.74, 6) is 1.65. The van der Waals surface area contributed by atoms with Crippen LogP contribution < -0.4 is 5.32 Å². The van der Waals surface area contributed by atoms with E-state index in [0.29, 0.717) is 12.1 Å². The van der Waals surface area contributed by atoms with Crippen molar-refractivity contribution in [2.24, 2.45) is 17.8 Å². The second-order valence-corrected chi connectivity index (χ2v) is 10.4. The summed E-state index contributed by atoms with van der Waals surface area (Å²) in [6.45, 7) is 14.1. The van der Waals surface area contributed by atoms with Gasteiger partial charge >= 0.3 is 0 Å². The summed E-state index contributed by atoms with van der Waals surface area (Å²) in [5.41, 5.74) is 1.56. The third-order valence-electron chi connectivity index (χ3n) is 6.93. The van der Waals surface area contributed by atoms with Crippen LogP contribution in [0.1, 0.15) is 79.2 Å². The van der Waals surface area contributed by atoms with Gasteiger partial charge in [0.15, 0.2) is 0 Å². The lowest BCUT2D eigenvalue weighted by atomic mass is 9.73. The molecule has 5 unspecified atom stereocenters. The Morgan fingerprint density at radius 1 is 1.12 bits per heavy atom. The predicted octanol–water partition coefficient (Wildman–Crippen LogP) is 5.34. The molecule has 4 heteroatoms. The fraction of sp³-hybridized carbons (Fsp3) is 0.750. The van der Waals surface area contributed by atoms with Crippen LogP contribution in [0.5, 0.6) is 0 Å². The quantitative estimate of drug-likeness (QED) is 0.580. The minimum atomic E-state index is -0.382. The van der Waals surface area contributed by atoms with Gasteiger partial charge in [-0.2, -0.15) is 0 Å². The van der Waals surface area contributed by atoms with Gasteiger partial charge in [-0.05, 0) is 70.4 Å². The number of aliphatic hydroxyl groups is 1. The van der Waals surface area contributed by atoms with Gasteiger partial charge in [0.1, 0.15) is 6.29 Å².